The molecule has 0 aliphatic heterocycles. The predicted octanol–water partition coefficient (Wildman–Crippen LogP) is 3.52. The zero-order chi connectivity index (χ0) is 13.1. The minimum atomic E-state index is -0.833. The third-order valence-corrected chi connectivity index (χ3v) is 2.63. The molecule has 0 aliphatic rings. The van der Waals surface area contributed by atoms with Gasteiger partial charge in [-0.2, -0.15) is 0 Å². The number of Topliss-reactive ketones (excluding diaryl/α,β-unsaturated/α-hetero) is 1. The first kappa shape index (κ1) is 17.5. The van der Waals surface area contributed by atoms with Crippen LogP contribution >= 0.6 is 0 Å². The van der Waals surface area contributed by atoms with E-state index in [0.717, 1.165) is 12.8 Å². The van der Waals surface area contributed by atoms with Gasteiger partial charge in [0.1, 0.15) is 5.78 Å². The maximum atomic E-state index is 11.2. The highest BCUT2D eigenvalue weighted by Gasteiger charge is 2.29. The van der Waals surface area contributed by atoms with Gasteiger partial charge in [-0.15, -0.1) is 0 Å². The summed E-state index contributed by atoms with van der Waals surface area (Å²) >= 11 is 0. The van der Waals surface area contributed by atoms with E-state index in [4.69, 9.17) is 5.11 Å². The third-order valence-electron chi connectivity index (χ3n) is 2.63. The molecule has 0 fully saturated rings. The molecule has 3 nitrogen and oxygen atoms in total. The number of carboxylic acid groups (broad SMARTS) is 1. The summed E-state index contributed by atoms with van der Waals surface area (Å²) in [6.07, 6.45) is 3.08. The Labute approximate surface area is 99.2 Å². The van der Waals surface area contributed by atoms with Crippen LogP contribution in [0, 0.1) is 11.8 Å². The Hall–Kier alpha value is -0.860. The Morgan fingerprint density at radius 2 is 1.62 bits per heavy atom. The molecule has 0 amide bonds. The molecular weight excluding hydrogens is 204 g/mol. The molecule has 16 heavy (non-hydrogen) atoms. The fourth-order valence-electron chi connectivity index (χ4n) is 1.78. The second-order valence-electron chi connectivity index (χ2n) is 3.71. The summed E-state index contributed by atoms with van der Waals surface area (Å²) in [6.45, 7) is 9.37. The average Bonchev–Trinajstić information content (AvgIpc) is 2.25. The molecule has 0 rings (SSSR count). The van der Waals surface area contributed by atoms with Crippen LogP contribution in [0.25, 0.3) is 0 Å². The number of rotatable bonds is 7. The lowest BCUT2D eigenvalue weighted by Gasteiger charge is -2.19. The van der Waals surface area contributed by atoms with Gasteiger partial charge in [-0.25, -0.2) is 0 Å². The molecule has 2 atom stereocenters. The van der Waals surface area contributed by atoms with Crippen LogP contribution < -0.4 is 0 Å². The molecule has 0 spiro atoms. The summed E-state index contributed by atoms with van der Waals surface area (Å²) in [5, 5.41) is 9.00. The van der Waals surface area contributed by atoms with Crippen LogP contribution in [0.3, 0.4) is 0 Å². The third kappa shape index (κ3) is 6.59. The van der Waals surface area contributed by atoms with Crippen molar-refractivity contribution in [2.24, 2.45) is 11.8 Å². The van der Waals surface area contributed by atoms with E-state index >= 15 is 0 Å². The number of ketones is 1. The van der Waals surface area contributed by atoms with Gasteiger partial charge in [0.25, 0.3) is 0 Å². The number of unbranched alkanes of at least 4 members (excludes halogenated alkanes) is 1. The van der Waals surface area contributed by atoms with Crippen molar-refractivity contribution in [2.45, 2.75) is 60.3 Å². The number of carbonyl (C=O) groups excluding carboxylic acids is 1. The highest BCUT2D eigenvalue weighted by atomic mass is 16.4. The quantitative estimate of drug-likeness (QED) is 0.728. The first-order valence-corrected chi connectivity index (χ1v) is 6.27. The van der Waals surface area contributed by atoms with Crippen LogP contribution in [0.1, 0.15) is 60.3 Å². The highest BCUT2D eigenvalue weighted by molar-refractivity contribution is 5.84. The van der Waals surface area contributed by atoms with Gasteiger partial charge in [0.2, 0.25) is 0 Å². The van der Waals surface area contributed by atoms with E-state index in [0.29, 0.717) is 12.8 Å². The second-order valence-corrected chi connectivity index (χ2v) is 3.71. The van der Waals surface area contributed by atoms with Gasteiger partial charge < -0.3 is 5.11 Å². The zero-order valence-corrected chi connectivity index (χ0v) is 11.2. The lowest BCUT2D eigenvalue weighted by molar-refractivity contribution is -0.146. The molecule has 0 heterocycles. The van der Waals surface area contributed by atoms with Crippen LogP contribution in [0.2, 0.25) is 0 Å². The topological polar surface area (TPSA) is 54.4 Å². The molecule has 2 unspecified atom stereocenters. The minimum absolute atomic E-state index is 0.00370. The van der Waals surface area contributed by atoms with E-state index in [1.54, 1.807) is 0 Å². The van der Waals surface area contributed by atoms with Gasteiger partial charge in [0.05, 0.1) is 5.92 Å². The van der Waals surface area contributed by atoms with Crippen molar-refractivity contribution < 1.29 is 14.7 Å². The highest BCUT2D eigenvalue weighted by Crippen LogP contribution is 2.23. The Bertz CT molecular complexity index is 199. The molecule has 0 saturated heterocycles. The smallest absolute Gasteiger partial charge is 0.307 e. The molecule has 3 heteroatoms. The molecule has 0 saturated carbocycles. The molecule has 0 bridgehead atoms. The minimum Gasteiger partial charge on any atom is -0.481 e. The molecule has 0 aromatic carbocycles. The van der Waals surface area contributed by atoms with Crippen molar-refractivity contribution in [3.63, 3.8) is 0 Å². The molecule has 1 N–H and O–H groups in total. The van der Waals surface area contributed by atoms with Gasteiger partial charge in [0, 0.05) is 5.92 Å². The van der Waals surface area contributed by atoms with Crippen molar-refractivity contribution in [1.29, 1.82) is 0 Å². The van der Waals surface area contributed by atoms with Gasteiger partial charge in [-0.3, -0.25) is 9.59 Å². The number of carboxylic acids is 1. The Morgan fingerprint density at radius 1 is 1.12 bits per heavy atom. The van der Waals surface area contributed by atoms with Crippen LogP contribution in [0.15, 0.2) is 0 Å². The van der Waals surface area contributed by atoms with Crippen molar-refractivity contribution in [3.8, 4) is 0 Å². The van der Waals surface area contributed by atoms with E-state index in [2.05, 4.69) is 0 Å². The normalized spacial score (nSPS) is 13.3. The van der Waals surface area contributed by atoms with Crippen LogP contribution in [0.4, 0.5) is 0 Å². The number of hydrogen-bond donors (Lipinski definition) is 1. The molecule has 0 aromatic rings. The van der Waals surface area contributed by atoms with Crippen LogP contribution in [-0.4, -0.2) is 16.9 Å². The van der Waals surface area contributed by atoms with Gasteiger partial charge in [0.15, 0.2) is 0 Å². The summed E-state index contributed by atoms with van der Waals surface area (Å²) in [6, 6.07) is 0. The standard InChI is InChI=1S/C11H20O3.C2H6/c1-4-6-7-10(11(13)14)9(5-2)8(3)12;1-2/h9-10H,4-7H2,1-3H3,(H,13,14);1-2H3. The van der Waals surface area contributed by atoms with Crippen molar-refractivity contribution in [2.75, 3.05) is 0 Å². The summed E-state index contributed by atoms with van der Waals surface area (Å²) in [5.41, 5.74) is 0. The van der Waals surface area contributed by atoms with Crippen molar-refractivity contribution >= 4 is 11.8 Å². The number of carbonyl (C=O) groups is 2. The van der Waals surface area contributed by atoms with E-state index in [-0.39, 0.29) is 11.7 Å². The van der Waals surface area contributed by atoms with E-state index in [1.165, 1.54) is 6.92 Å². The van der Waals surface area contributed by atoms with E-state index in [1.807, 2.05) is 27.7 Å². The summed E-state index contributed by atoms with van der Waals surface area (Å²) in [4.78, 5) is 22.2. The number of aliphatic carboxylic acids is 1. The number of hydrogen-bond acceptors (Lipinski definition) is 2. The molecule has 0 aromatic heterocycles. The average molecular weight is 230 g/mol. The predicted molar refractivity (Wildman–Crippen MR) is 66.5 cm³/mol. The monoisotopic (exact) mass is 230 g/mol. The zero-order valence-electron chi connectivity index (χ0n) is 11.2. The largest absolute Gasteiger partial charge is 0.481 e. The van der Waals surface area contributed by atoms with Gasteiger partial charge in [-0.05, 0) is 19.8 Å². The lowest BCUT2D eigenvalue weighted by Crippen LogP contribution is -2.28. The van der Waals surface area contributed by atoms with Crippen LogP contribution in [0.5, 0.6) is 0 Å². The summed E-state index contributed by atoms with van der Waals surface area (Å²) in [5.74, 6) is -1.63. The Balaban J connectivity index is 0. The maximum absolute atomic E-state index is 11.2. The molecule has 0 aliphatic carbocycles. The summed E-state index contributed by atoms with van der Waals surface area (Å²) < 4.78 is 0. The maximum Gasteiger partial charge on any atom is 0.307 e. The Kier molecular flexibility index (Phi) is 11.7. The van der Waals surface area contributed by atoms with Crippen molar-refractivity contribution in [3.05, 3.63) is 0 Å². The fourth-order valence-corrected chi connectivity index (χ4v) is 1.78. The lowest BCUT2D eigenvalue weighted by atomic mass is 9.83. The van der Waals surface area contributed by atoms with Gasteiger partial charge in [-0.1, -0.05) is 40.5 Å². The van der Waals surface area contributed by atoms with E-state index in [9.17, 15) is 9.59 Å². The SMILES string of the molecule is CC.CCCCC(C(=O)O)C(CC)C(C)=O. The summed E-state index contributed by atoms with van der Waals surface area (Å²) in [7, 11) is 0. The molecule has 96 valence electrons. The first-order chi connectivity index (χ1) is 7.54. The fraction of sp³-hybridized carbons (Fsp3) is 0.846. The molecular formula is C13H26O3. The van der Waals surface area contributed by atoms with Crippen molar-refractivity contribution in [1.82, 2.24) is 0 Å². The first-order valence-electron chi connectivity index (χ1n) is 6.27. The van der Waals surface area contributed by atoms with Gasteiger partial charge >= 0.3 is 5.97 Å². The second kappa shape index (κ2) is 10.7. The Morgan fingerprint density at radius 3 is 1.88 bits per heavy atom. The van der Waals surface area contributed by atoms with Crippen LogP contribution in [-0.2, 0) is 9.59 Å². The van der Waals surface area contributed by atoms with E-state index < -0.39 is 11.9 Å². The molecule has 0 radical (unpaired) electrons.